The Labute approximate surface area is 151 Å². The lowest BCUT2D eigenvalue weighted by Gasteiger charge is -2.25. The summed E-state index contributed by atoms with van der Waals surface area (Å²) in [6.45, 7) is 2.11. The van der Waals surface area contributed by atoms with E-state index >= 15 is 0 Å². The van der Waals surface area contributed by atoms with Gasteiger partial charge >= 0.3 is 0 Å². The Hall–Kier alpha value is -1.81. The maximum atomic E-state index is 12.4. The summed E-state index contributed by atoms with van der Waals surface area (Å²) in [5.74, 6) is 0.871. The van der Waals surface area contributed by atoms with Gasteiger partial charge in [0.2, 0.25) is 5.91 Å². The molecule has 3 nitrogen and oxygen atoms in total. The van der Waals surface area contributed by atoms with Crippen molar-refractivity contribution in [2.75, 3.05) is 7.11 Å². The van der Waals surface area contributed by atoms with E-state index in [-0.39, 0.29) is 17.4 Å². The van der Waals surface area contributed by atoms with Crippen LogP contribution in [0.5, 0.6) is 5.75 Å². The number of carbonyl (C=O) groups is 1. The van der Waals surface area contributed by atoms with E-state index in [2.05, 4.69) is 52.4 Å². The van der Waals surface area contributed by atoms with Gasteiger partial charge in [-0.25, -0.2) is 0 Å². The molecule has 0 heterocycles. The van der Waals surface area contributed by atoms with Crippen molar-refractivity contribution in [1.29, 1.82) is 0 Å². The summed E-state index contributed by atoms with van der Waals surface area (Å²) in [4.78, 5) is 12.4. The molecule has 0 radical (unpaired) electrons. The topological polar surface area (TPSA) is 38.3 Å². The van der Waals surface area contributed by atoms with Crippen molar-refractivity contribution in [2.24, 2.45) is 0 Å². The Bertz CT molecular complexity index is 705. The summed E-state index contributed by atoms with van der Waals surface area (Å²) in [5.41, 5.74) is 2.40. The molecule has 1 N–H and O–H groups in total. The van der Waals surface area contributed by atoms with Crippen molar-refractivity contribution in [3.63, 3.8) is 0 Å². The minimum atomic E-state index is 0.0658. The largest absolute Gasteiger partial charge is 0.497 e. The van der Waals surface area contributed by atoms with Crippen LogP contribution in [0.1, 0.15) is 30.9 Å². The van der Waals surface area contributed by atoms with Crippen LogP contribution in [0.3, 0.4) is 0 Å². The number of rotatable bonds is 6. The zero-order valence-corrected chi connectivity index (χ0v) is 15.6. The number of halogens is 1. The molecular formula is C20H22BrNO2. The first-order chi connectivity index (χ1) is 11.5. The van der Waals surface area contributed by atoms with Crippen LogP contribution in [0.2, 0.25) is 0 Å². The fourth-order valence-electron chi connectivity index (χ4n) is 3.25. The number of methoxy groups -OCH3 is 1. The third-order valence-electron chi connectivity index (χ3n) is 4.94. The minimum absolute atomic E-state index is 0.0658. The van der Waals surface area contributed by atoms with E-state index in [0.717, 1.165) is 28.6 Å². The molecule has 2 aromatic carbocycles. The molecule has 1 unspecified atom stereocenters. The van der Waals surface area contributed by atoms with Crippen molar-refractivity contribution in [2.45, 2.75) is 37.6 Å². The Morgan fingerprint density at radius 3 is 2.33 bits per heavy atom. The van der Waals surface area contributed by atoms with Gasteiger partial charge in [-0.3, -0.25) is 4.79 Å². The molecule has 126 valence electrons. The molecule has 2 aromatic rings. The van der Waals surface area contributed by atoms with E-state index in [4.69, 9.17) is 4.74 Å². The number of hydrogen-bond donors (Lipinski definition) is 1. The summed E-state index contributed by atoms with van der Waals surface area (Å²) in [5, 5.41) is 3.19. The zero-order valence-electron chi connectivity index (χ0n) is 14.0. The van der Waals surface area contributed by atoms with Crippen LogP contribution in [0.15, 0.2) is 53.0 Å². The van der Waals surface area contributed by atoms with E-state index in [0.29, 0.717) is 6.42 Å². The molecule has 1 saturated carbocycles. The minimum Gasteiger partial charge on any atom is -0.497 e. The van der Waals surface area contributed by atoms with Crippen molar-refractivity contribution in [3.8, 4) is 5.75 Å². The third-order valence-corrected chi connectivity index (χ3v) is 5.47. The first-order valence-electron chi connectivity index (χ1n) is 8.22. The first kappa shape index (κ1) is 17.0. The van der Waals surface area contributed by atoms with Crippen LogP contribution < -0.4 is 10.1 Å². The van der Waals surface area contributed by atoms with Gasteiger partial charge in [-0.05, 0) is 55.2 Å². The summed E-state index contributed by atoms with van der Waals surface area (Å²) < 4.78 is 6.23. The molecule has 1 fully saturated rings. The Morgan fingerprint density at radius 2 is 1.79 bits per heavy atom. The van der Waals surface area contributed by atoms with E-state index in [1.165, 1.54) is 5.56 Å². The molecule has 0 bridgehead atoms. The summed E-state index contributed by atoms with van der Waals surface area (Å²) in [7, 11) is 1.64. The molecule has 24 heavy (non-hydrogen) atoms. The van der Waals surface area contributed by atoms with Crippen LogP contribution in [-0.4, -0.2) is 19.1 Å². The number of hydrogen-bond acceptors (Lipinski definition) is 2. The molecule has 1 amide bonds. The van der Waals surface area contributed by atoms with Gasteiger partial charge in [0.25, 0.3) is 0 Å². The van der Waals surface area contributed by atoms with E-state index < -0.39 is 0 Å². The lowest BCUT2D eigenvalue weighted by Crippen LogP contribution is -2.42. The van der Waals surface area contributed by atoms with E-state index in [1.54, 1.807) is 7.11 Å². The lowest BCUT2D eigenvalue weighted by molar-refractivity contribution is -0.121. The van der Waals surface area contributed by atoms with Gasteiger partial charge < -0.3 is 10.1 Å². The molecule has 1 atom stereocenters. The monoisotopic (exact) mass is 387 g/mol. The van der Waals surface area contributed by atoms with Crippen molar-refractivity contribution in [3.05, 3.63) is 64.1 Å². The first-order valence-corrected chi connectivity index (χ1v) is 9.01. The Balaban J connectivity index is 1.62. The molecule has 0 spiro atoms. The number of ether oxygens (including phenoxy) is 1. The van der Waals surface area contributed by atoms with E-state index in [1.807, 2.05) is 24.3 Å². The maximum absolute atomic E-state index is 12.4. The number of amides is 1. The Morgan fingerprint density at radius 1 is 1.17 bits per heavy atom. The molecule has 3 rings (SSSR count). The molecule has 0 saturated heterocycles. The van der Waals surface area contributed by atoms with E-state index in [9.17, 15) is 4.79 Å². The van der Waals surface area contributed by atoms with Gasteiger partial charge in [0.05, 0.1) is 13.5 Å². The average molecular weight is 388 g/mol. The lowest BCUT2D eigenvalue weighted by atomic mass is 9.89. The molecule has 4 heteroatoms. The quantitative estimate of drug-likeness (QED) is 0.804. The second-order valence-corrected chi connectivity index (χ2v) is 7.39. The van der Waals surface area contributed by atoms with Crippen LogP contribution in [0.25, 0.3) is 0 Å². The highest BCUT2D eigenvalue weighted by atomic mass is 79.9. The number of nitrogens with one attached hydrogen (secondary N) is 1. The third kappa shape index (κ3) is 3.64. The van der Waals surface area contributed by atoms with Crippen molar-refractivity contribution in [1.82, 2.24) is 5.32 Å². The molecular weight excluding hydrogens is 366 g/mol. The molecule has 1 aliphatic carbocycles. The van der Waals surface area contributed by atoms with Crippen molar-refractivity contribution >= 4 is 21.8 Å². The van der Waals surface area contributed by atoms with Crippen LogP contribution >= 0.6 is 15.9 Å². The molecule has 0 aliphatic heterocycles. The second-order valence-electron chi connectivity index (χ2n) is 6.48. The highest BCUT2D eigenvalue weighted by Gasteiger charge is 2.49. The van der Waals surface area contributed by atoms with Gasteiger partial charge in [0.1, 0.15) is 5.75 Å². The maximum Gasteiger partial charge on any atom is 0.224 e. The normalized spacial score (nSPS) is 16.3. The van der Waals surface area contributed by atoms with Gasteiger partial charge in [-0.15, -0.1) is 0 Å². The predicted molar refractivity (Wildman–Crippen MR) is 99.4 cm³/mol. The standard InChI is InChI=1S/C20H22BrNO2/c1-14(20(11-12-20)16-5-7-17(21)8-6-16)22-19(23)13-15-3-9-18(24-2)10-4-15/h3-10,14H,11-13H2,1-2H3,(H,22,23). The molecule has 1 aliphatic rings. The summed E-state index contributed by atoms with van der Waals surface area (Å²) >= 11 is 3.48. The molecule has 0 aromatic heterocycles. The van der Waals surface area contributed by atoms with Gasteiger partial charge in [-0.1, -0.05) is 40.2 Å². The van der Waals surface area contributed by atoms with Crippen molar-refractivity contribution < 1.29 is 9.53 Å². The smallest absolute Gasteiger partial charge is 0.224 e. The Kier molecular flexibility index (Phi) is 4.95. The fraction of sp³-hybridized carbons (Fsp3) is 0.350. The number of benzene rings is 2. The van der Waals surface area contributed by atoms with Crippen LogP contribution in [0.4, 0.5) is 0 Å². The summed E-state index contributed by atoms with van der Waals surface area (Å²) in [6.07, 6.45) is 2.64. The SMILES string of the molecule is COc1ccc(CC(=O)NC(C)C2(c3ccc(Br)cc3)CC2)cc1. The van der Waals surface area contributed by atoms with Gasteiger partial charge in [-0.2, -0.15) is 0 Å². The highest BCUT2D eigenvalue weighted by molar-refractivity contribution is 9.10. The van der Waals surface area contributed by atoms with Crippen LogP contribution in [0, 0.1) is 0 Å². The summed E-state index contributed by atoms with van der Waals surface area (Å²) in [6, 6.07) is 16.2. The van der Waals surface area contributed by atoms with Crippen LogP contribution in [-0.2, 0) is 16.6 Å². The number of carbonyl (C=O) groups excluding carboxylic acids is 1. The predicted octanol–water partition coefficient (Wildman–Crippen LogP) is 4.24. The highest BCUT2D eigenvalue weighted by Crippen LogP contribution is 2.51. The second kappa shape index (κ2) is 6.98. The van der Waals surface area contributed by atoms with Gasteiger partial charge in [0, 0.05) is 15.9 Å². The fourth-order valence-corrected chi connectivity index (χ4v) is 3.51. The average Bonchev–Trinajstić information content (AvgIpc) is 3.38. The van der Waals surface area contributed by atoms with Gasteiger partial charge in [0.15, 0.2) is 0 Å². The zero-order chi connectivity index (χ0) is 17.2.